The Bertz CT molecular complexity index is 1350. The minimum atomic E-state index is -0.806. The van der Waals surface area contributed by atoms with Gasteiger partial charge in [0.1, 0.15) is 17.7 Å². The summed E-state index contributed by atoms with van der Waals surface area (Å²) in [6, 6.07) is 7.11. The fraction of sp³-hybridized carbons (Fsp3) is 0.375. The number of hydrogen-bond donors (Lipinski definition) is 1. The summed E-state index contributed by atoms with van der Waals surface area (Å²) in [7, 11) is 1.72. The zero-order valence-electron chi connectivity index (χ0n) is 18.5. The number of nitrogens with zero attached hydrogens (tertiary/aromatic N) is 3. The third-order valence-electron chi connectivity index (χ3n) is 6.66. The first-order valence-electron chi connectivity index (χ1n) is 11.0. The number of rotatable bonds is 4. The molecule has 0 amide bonds. The van der Waals surface area contributed by atoms with Crippen molar-refractivity contribution in [2.45, 2.75) is 38.7 Å². The molecule has 0 atom stereocenters. The maximum atomic E-state index is 14.5. The number of benzene rings is 1. The van der Waals surface area contributed by atoms with E-state index in [-0.39, 0.29) is 23.4 Å². The summed E-state index contributed by atoms with van der Waals surface area (Å²) < 4.78 is 22.5. The van der Waals surface area contributed by atoms with Crippen molar-refractivity contribution >= 4 is 49.1 Å². The van der Waals surface area contributed by atoms with E-state index in [1.54, 1.807) is 18.5 Å². The fourth-order valence-corrected chi connectivity index (χ4v) is 4.99. The van der Waals surface area contributed by atoms with Crippen molar-refractivity contribution in [3.8, 4) is 5.75 Å². The number of pyridine rings is 2. The molecule has 33 heavy (non-hydrogen) atoms. The van der Waals surface area contributed by atoms with E-state index >= 15 is 0 Å². The molecule has 1 fully saturated rings. The number of fused-ring (bicyclic) bond motifs is 2. The smallest absolute Gasteiger partial charge is 0.306 e. The molecule has 0 bridgehead atoms. The Morgan fingerprint density at radius 2 is 2.00 bits per heavy atom. The average molecular weight is 463 g/mol. The number of anilines is 2. The molecule has 3 heterocycles. The third kappa shape index (κ3) is 3.79. The van der Waals surface area contributed by atoms with Gasteiger partial charge in [0.2, 0.25) is 16.3 Å². The normalized spacial score (nSPS) is 19.8. The van der Waals surface area contributed by atoms with Gasteiger partial charge in [-0.05, 0) is 49.3 Å². The highest BCUT2D eigenvalue weighted by Gasteiger charge is 2.36. The largest absolute Gasteiger partial charge is 0.490 e. The lowest BCUT2D eigenvalue weighted by atomic mass is 9.82. The second kappa shape index (κ2) is 8.16. The van der Waals surface area contributed by atoms with Gasteiger partial charge < -0.3 is 19.3 Å². The van der Waals surface area contributed by atoms with E-state index in [0.717, 1.165) is 29.6 Å². The first-order chi connectivity index (χ1) is 15.7. The zero-order valence-corrected chi connectivity index (χ0v) is 19.6. The van der Waals surface area contributed by atoms with Crippen LogP contribution in [0.25, 0.3) is 10.9 Å². The quantitative estimate of drug-likeness (QED) is 0.599. The Balaban J connectivity index is 1.65. The molecule has 1 aliphatic heterocycles. The van der Waals surface area contributed by atoms with Crippen molar-refractivity contribution in [3.05, 3.63) is 51.7 Å². The molecular formula is C24H23AlFN3O4. The number of aliphatic carboxylic acids is 1. The molecule has 2 radical (unpaired) electrons. The Hall–Kier alpha value is -2.89. The molecule has 0 unspecified atom stereocenters. The van der Waals surface area contributed by atoms with Crippen LogP contribution in [0.15, 0.2) is 29.1 Å². The topological polar surface area (TPSA) is 84.7 Å². The van der Waals surface area contributed by atoms with E-state index in [1.807, 2.05) is 23.1 Å². The number of carbonyl (C=O) groups is 1. The molecule has 5 rings (SSSR count). The van der Waals surface area contributed by atoms with Crippen LogP contribution in [0.2, 0.25) is 0 Å². The van der Waals surface area contributed by atoms with Gasteiger partial charge in [-0.2, -0.15) is 0 Å². The monoisotopic (exact) mass is 463 g/mol. The molecular weight excluding hydrogens is 440 g/mol. The van der Waals surface area contributed by atoms with Crippen molar-refractivity contribution in [2.24, 2.45) is 13.0 Å². The number of halogens is 1. The lowest BCUT2D eigenvalue weighted by Crippen LogP contribution is -2.38. The van der Waals surface area contributed by atoms with E-state index in [9.17, 15) is 14.0 Å². The van der Waals surface area contributed by atoms with E-state index in [1.165, 1.54) is 6.07 Å². The maximum Gasteiger partial charge on any atom is 0.306 e. The van der Waals surface area contributed by atoms with Crippen LogP contribution in [0.4, 0.5) is 15.8 Å². The molecule has 1 saturated carbocycles. The van der Waals surface area contributed by atoms with Gasteiger partial charge in [-0.3, -0.25) is 14.6 Å². The number of hydrogen-bond acceptors (Lipinski definition) is 5. The Morgan fingerprint density at radius 3 is 2.73 bits per heavy atom. The van der Waals surface area contributed by atoms with Crippen LogP contribution >= 0.6 is 0 Å². The molecule has 0 saturated heterocycles. The molecule has 2 aliphatic rings. The average Bonchev–Trinajstić information content (AvgIpc) is 2.74. The third-order valence-corrected chi connectivity index (χ3v) is 7.06. The van der Waals surface area contributed by atoms with Gasteiger partial charge in [-0.25, -0.2) is 4.39 Å². The summed E-state index contributed by atoms with van der Waals surface area (Å²) >= 11 is 2.34. The maximum absolute atomic E-state index is 14.5. The number of carboxylic acids is 1. The van der Waals surface area contributed by atoms with Crippen molar-refractivity contribution in [3.63, 3.8) is 0 Å². The molecule has 0 spiro atoms. The lowest BCUT2D eigenvalue weighted by molar-refractivity contribution is -0.147. The number of aryl methyl sites for hydroxylation is 3. The van der Waals surface area contributed by atoms with Crippen LogP contribution in [0.5, 0.6) is 5.75 Å². The Kier molecular flexibility index (Phi) is 5.42. The molecule has 1 aromatic carbocycles. The van der Waals surface area contributed by atoms with Crippen molar-refractivity contribution in [1.29, 1.82) is 0 Å². The molecule has 9 heteroatoms. The molecule has 1 aliphatic carbocycles. The molecule has 3 aromatic rings. The lowest BCUT2D eigenvalue weighted by Gasteiger charge is -2.34. The highest BCUT2D eigenvalue weighted by molar-refractivity contribution is 6.30. The first kappa shape index (κ1) is 21.9. The summed E-state index contributed by atoms with van der Waals surface area (Å²) in [5.41, 5.74) is 3.58. The molecule has 7 nitrogen and oxygen atoms in total. The minimum absolute atomic E-state index is 0.0976. The van der Waals surface area contributed by atoms with Crippen LogP contribution in [-0.2, 0) is 18.3 Å². The van der Waals surface area contributed by atoms with Gasteiger partial charge in [0.25, 0.3) is 5.56 Å². The molecule has 168 valence electrons. The van der Waals surface area contributed by atoms with Gasteiger partial charge in [0.15, 0.2) is 0 Å². The van der Waals surface area contributed by atoms with Crippen LogP contribution in [0.3, 0.4) is 0 Å². The summed E-state index contributed by atoms with van der Waals surface area (Å²) in [6.45, 7) is 2.46. The van der Waals surface area contributed by atoms with E-state index in [4.69, 9.17) is 9.84 Å². The number of ether oxygens (including phenoxy) is 1. The minimum Gasteiger partial charge on any atom is -0.490 e. The predicted octanol–water partition coefficient (Wildman–Crippen LogP) is 2.50. The van der Waals surface area contributed by atoms with Gasteiger partial charge >= 0.3 is 5.97 Å². The van der Waals surface area contributed by atoms with Gasteiger partial charge in [-0.15, -0.1) is 0 Å². The van der Waals surface area contributed by atoms with Gasteiger partial charge in [-0.1, -0.05) is 0 Å². The summed E-state index contributed by atoms with van der Waals surface area (Å²) in [6.07, 6.45) is 2.34. The second-order valence-corrected chi connectivity index (χ2v) is 9.44. The van der Waals surface area contributed by atoms with Gasteiger partial charge in [0.05, 0.1) is 28.5 Å². The molecule has 1 N–H and O–H groups in total. The van der Waals surface area contributed by atoms with Crippen LogP contribution < -0.4 is 19.8 Å². The Morgan fingerprint density at radius 1 is 1.24 bits per heavy atom. The van der Waals surface area contributed by atoms with E-state index < -0.39 is 5.97 Å². The van der Waals surface area contributed by atoms with Crippen LogP contribution in [0, 0.1) is 18.7 Å². The van der Waals surface area contributed by atoms with Crippen molar-refractivity contribution < 1.29 is 19.0 Å². The first-order valence-corrected chi connectivity index (χ1v) is 11.6. The molecule has 2 aromatic heterocycles. The van der Waals surface area contributed by atoms with E-state index in [0.29, 0.717) is 46.5 Å². The van der Waals surface area contributed by atoms with Crippen LogP contribution in [-0.4, -0.2) is 49.6 Å². The highest BCUT2D eigenvalue weighted by Crippen LogP contribution is 2.40. The van der Waals surface area contributed by atoms with Crippen molar-refractivity contribution in [2.75, 3.05) is 11.4 Å². The van der Waals surface area contributed by atoms with Crippen molar-refractivity contribution in [1.82, 2.24) is 9.55 Å². The summed E-state index contributed by atoms with van der Waals surface area (Å²) in [5, 5.41) is 10.0. The second-order valence-electron chi connectivity index (χ2n) is 8.89. The standard InChI is InChI=1S/C24H23FN3O4.Al/c1-13-6-18-20(27(2)23(13)29)10-17(32-16-7-14(8-16)24(30)31)11-21(18)28-5-3-4-19-22(28)9-15(25)12-26-19;/h6,9-11,14,16H,3-5,7-8H2,1-2H3,(H,30,31);. The summed E-state index contributed by atoms with van der Waals surface area (Å²) in [4.78, 5) is 30.3. The predicted molar refractivity (Wildman–Crippen MR) is 124 cm³/mol. The van der Waals surface area contributed by atoms with Gasteiger partial charge in [0, 0.05) is 36.7 Å². The van der Waals surface area contributed by atoms with Crippen LogP contribution in [0.1, 0.15) is 30.5 Å². The highest BCUT2D eigenvalue weighted by atomic mass is 27.0. The number of aromatic nitrogens is 2. The van der Waals surface area contributed by atoms with E-state index in [2.05, 4.69) is 21.3 Å². The Labute approximate surface area is 198 Å². The zero-order chi connectivity index (χ0) is 23.4. The summed E-state index contributed by atoms with van der Waals surface area (Å²) in [5.74, 6) is -1.01. The fourth-order valence-electron chi connectivity index (χ4n) is 4.75. The number of carboxylic acid groups (broad SMARTS) is 1. The SMILES string of the molecule is Cc1cc2c(N3CCCc4n[c]([Al])c(F)cc43)cc(OC3CC(C(=O)O)C3)cc2n(C)c1=O.